The summed E-state index contributed by atoms with van der Waals surface area (Å²) >= 11 is 0. The van der Waals surface area contributed by atoms with Crippen molar-refractivity contribution in [2.75, 3.05) is 20.3 Å². The summed E-state index contributed by atoms with van der Waals surface area (Å²) in [5, 5.41) is 9.54. The molecule has 110 valence electrons. The van der Waals surface area contributed by atoms with E-state index in [9.17, 15) is 9.90 Å². The van der Waals surface area contributed by atoms with Gasteiger partial charge in [0, 0.05) is 13.5 Å². The Bertz CT molecular complexity index is 450. The van der Waals surface area contributed by atoms with Gasteiger partial charge in [0.25, 0.3) is 0 Å². The van der Waals surface area contributed by atoms with E-state index >= 15 is 0 Å². The molecule has 20 heavy (non-hydrogen) atoms. The first kappa shape index (κ1) is 14.8. The number of carbonyl (C=O) groups excluding carboxylic acids is 1. The molecule has 0 bridgehead atoms. The topological polar surface area (TPSA) is 59.0 Å². The molecule has 1 amide bonds. The van der Waals surface area contributed by atoms with E-state index in [1.807, 2.05) is 37.3 Å². The number of methoxy groups -OCH3 is 1. The minimum atomic E-state index is -0.617. The van der Waals surface area contributed by atoms with Crippen molar-refractivity contribution in [3.8, 4) is 0 Å². The van der Waals surface area contributed by atoms with Gasteiger partial charge in [0.15, 0.2) is 0 Å². The van der Waals surface area contributed by atoms with Gasteiger partial charge in [-0.15, -0.1) is 0 Å². The first-order chi connectivity index (χ1) is 9.59. The van der Waals surface area contributed by atoms with Crippen LogP contribution in [0, 0.1) is 0 Å². The Morgan fingerprint density at radius 1 is 1.45 bits per heavy atom. The fourth-order valence-corrected chi connectivity index (χ4v) is 2.49. The average Bonchev–Trinajstić information content (AvgIpc) is 2.84. The summed E-state index contributed by atoms with van der Waals surface area (Å²) in [5.41, 5.74) is 0.322. The predicted octanol–water partition coefficient (Wildman–Crippen LogP) is 1.79. The standard InChI is InChI=1S/C15H21NO4/c1-15(11-17)8-13(19-2)9-16(15)14(18)20-10-12-6-4-3-5-7-12/h3-7,13,17H,8-11H2,1-2H3. The average molecular weight is 279 g/mol. The number of ether oxygens (including phenoxy) is 2. The van der Waals surface area contributed by atoms with Gasteiger partial charge >= 0.3 is 6.09 Å². The van der Waals surface area contributed by atoms with E-state index < -0.39 is 11.6 Å². The van der Waals surface area contributed by atoms with Crippen LogP contribution in [0.4, 0.5) is 4.79 Å². The van der Waals surface area contributed by atoms with Crippen LogP contribution in [0.15, 0.2) is 30.3 Å². The van der Waals surface area contributed by atoms with Crippen molar-refractivity contribution in [1.82, 2.24) is 4.90 Å². The fourth-order valence-electron chi connectivity index (χ4n) is 2.49. The van der Waals surface area contributed by atoms with Gasteiger partial charge in [-0.2, -0.15) is 0 Å². The summed E-state index contributed by atoms with van der Waals surface area (Å²) in [6.45, 7) is 2.42. The summed E-state index contributed by atoms with van der Waals surface area (Å²) in [6, 6.07) is 9.52. The molecular weight excluding hydrogens is 258 g/mol. The van der Waals surface area contributed by atoms with Crippen molar-refractivity contribution in [3.63, 3.8) is 0 Å². The van der Waals surface area contributed by atoms with Gasteiger partial charge in [-0.3, -0.25) is 4.90 Å². The number of aliphatic hydroxyl groups is 1. The highest BCUT2D eigenvalue weighted by atomic mass is 16.6. The molecule has 0 spiro atoms. The predicted molar refractivity (Wildman–Crippen MR) is 74.2 cm³/mol. The van der Waals surface area contributed by atoms with Crippen LogP contribution in [0.1, 0.15) is 18.9 Å². The first-order valence-electron chi connectivity index (χ1n) is 6.71. The summed E-state index contributed by atoms with van der Waals surface area (Å²) in [5.74, 6) is 0. The third-order valence-corrected chi connectivity index (χ3v) is 3.80. The van der Waals surface area contributed by atoms with E-state index in [2.05, 4.69) is 0 Å². The second kappa shape index (κ2) is 6.24. The SMILES string of the molecule is COC1CN(C(=O)OCc2ccccc2)C(C)(CO)C1. The third-order valence-electron chi connectivity index (χ3n) is 3.80. The Morgan fingerprint density at radius 3 is 2.75 bits per heavy atom. The van der Waals surface area contributed by atoms with Crippen molar-refractivity contribution < 1.29 is 19.4 Å². The number of hydrogen-bond donors (Lipinski definition) is 1. The highest BCUT2D eigenvalue weighted by Gasteiger charge is 2.45. The lowest BCUT2D eigenvalue weighted by atomic mass is 10.00. The Hall–Kier alpha value is -1.59. The van der Waals surface area contributed by atoms with Crippen LogP contribution >= 0.6 is 0 Å². The minimum absolute atomic E-state index is 0.0589. The maximum atomic E-state index is 12.2. The van der Waals surface area contributed by atoms with Crippen LogP contribution in [0.2, 0.25) is 0 Å². The quantitative estimate of drug-likeness (QED) is 0.913. The van der Waals surface area contributed by atoms with Crippen molar-refractivity contribution in [1.29, 1.82) is 0 Å². The molecule has 0 saturated carbocycles. The molecule has 5 nitrogen and oxygen atoms in total. The van der Waals surface area contributed by atoms with Crippen molar-refractivity contribution in [2.24, 2.45) is 0 Å². The Kier molecular flexibility index (Phi) is 4.62. The molecule has 1 aliphatic heterocycles. The lowest BCUT2D eigenvalue weighted by molar-refractivity contribution is 0.0452. The molecule has 1 aromatic rings. The van der Waals surface area contributed by atoms with Gasteiger partial charge in [-0.25, -0.2) is 4.79 Å². The van der Waals surface area contributed by atoms with Crippen LogP contribution in [-0.4, -0.2) is 48.0 Å². The monoisotopic (exact) mass is 279 g/mol. The summed E-state index contributed by atoms with van der Waals surface area (Å²) in [4.78, 5) is 13.8. The number of aliphatic hydroxyl groups excluding tert-OH is 1. The van der Waals surface area contributed by atoms with Crippen LogP contribution < -0.4 is 0 Å². The normalized spacial score (nSPS) is 25.8. The molecular formula is C15H21NO4. The van der Waals surface area contributed by atoms with Crippen LogP contribution in [0.5, 0.6) is 0 Å². The molecule has 1 aliphatic rings. The molecule has 1 heterocycles. The highest BCUT2D eigenvalue weighted by Crippen LogP contribution is 2.30. The Balaban J connectivity index is 1.97. The molecule has 1 fully saturated rings. The second-order valence-corrected chi connectivity index (χ2v) is 5.37. The lowest BCUT2D eigenvalue weighted by Gasteiger charge is -2.32. The molecule has 0 radical (unpaired) electrons. The van der Waals surface area contributed by atoms with Crippen molar-refractivity contribution >= 4 is 6.09 Å². The van der Waals surface area contributed by atoms with E-state index in [0.717, 1.165) is 5.56 Å². The number of likely N-dealkylation sites (tertiary alicyclic amines) is 1. The summed E-state index contributed by atoms with van der Waals surface area (Å²) < 4.78 is 10.6. The zero-order valence-corrected chi connectivity index (χ0v) is 11.9. The number of carbonyl (C=O) groups is 1. The van der Waals surface area contributed by atoms with E-state index in [0.29, 0.717) is 13.0 Å². The van der Waals surface area contributed by atoms with E-state index in [1.165, 1.54) is 0 Å². The number of benzene rings is 1. The smallest absolute Gasteiger partial charge is 0.410 e. The second-order valence-electron chi connectivity index (χ2n) is 5.37. The summed E-state index contributed by atoms with van der Waals surface area (Å²) in [7, 11) is 1.61. The fraction of sp³-hybridized carbons (Fsp3) is 0.533. The molecule has 1 N–H and O–H groups in total. The van der Waals surface area contributed by atoms with Crippen LogP contribution in [0.25, 0.3) is 0 Å². The zero-order valence-electron chi connectivity index (χ0n) is 11.9. The van der Waals surface area contributed by atoms with Gasteiger partial charge in [-0.05, 0) is 12.5 Å². The maximum absolute atomic E-state index is 12.2. The molecule has 5 heteroatoms. The molecule has 2 rings (SSSR count). The lowest BCUT2D eigenvalue weighted by Crippen LogP contribution is -2.47. The maximum Gasteiger partial charge on any atom is 0.410 e. The first-order valence-corrected chi connectivity index (χ1v) is 6.71. The third kappa shape index (κ3) is 3.11. The van der Waals surface area contributed by atoms with Crippen molar-refractivity contribution in [2.45, 2.75) is 31.6 Å². The Labute approximate surface area is 119 Å². The summed E-state index contributed by atoms with van der Waals surface area (Å²) in [6.07, 6.45) is 0.141. The zero-order chi connectivity index (χ0) is 14.6. The van der Waals surface area contributed by atoms with Gasteiger partial charge in [0.1, 0.15) is 6.61 Å². The van der Waals surface area contributed by atoms with Gasteiger partial charge in [0.2, 0.25) is 0 Å². The molecule has 1 aromatic carbocycles. The largest absolute Gasteiger partial charge is 0.445 e. The highest BCUT2D eigenvalue weighted by molar-refractivity contribution is 5.69. The van der Waals surface area contributed by atoms with E-state index in [1.54, 1.807) is 12.0 Å². The van der Waals surface area contributed by atoms with Gasteiger partial charge < -0.3 is 14.6 Å². The molecule has 1 saturated heterocycles. The molecule has 0 aliphatic carbocycles. The Morgan fingerprint density at radius 2 is 2.15 bits per heavy atom. The molecule has 0 aromatic heterocycles. The number of amides is 1. The molecule has 2 unspecified atom stereocenters. The minimum Gasteiger partial charge on any atom is -0.445 e. The van der Waals surface area contributed by atoms with E-state index in [-0.39, 0.29) is 19.3 Å². The molecule has 2 atom stereocenters. The van der Waals surface area contributed by atoms with Crippen LogP contribution in [-0.2, 0) is 16.1 Å². The van der Waals surface area contributed by atoms with Gasteiger partial charge in [0.05, 0.1) is 24.8 Å². The number of nitrogens with zero attached hydrogens (tertiary/aromatic N) is 1. The van der Waals surface area contributed by atoms with Gasteiger partial charge in [-0.1, -0.05) is 30.3 Å². The number of rotatable bonds is 4. The van der Waals surface area contributed by atoms with Crippen molar-refractivity contribution in [3.05, 3.63) is 35.9 Å². The number of hydrogen-bond acceptors (Lipinski definition) is 4. The van der Waals surface area contributed by atoms with Crippen LogP contribution in [0.3, 0.4) is 0 Å². The van der Waals surface area contributed by atoms with E-state index in [4.69, 9.17) is 9.47 Å².